The highest BCUT2D eigenvalue weighted by atomic mass is 32.1. The van der Waals surface area contributed by atoms with Crippen LogP contribution in [0.25, 0.3) is 0 Å². The van der Waals surface area contributed by atoms with Gasteiger partial charge in [0.25, 0.3) is 0 Å². The van der Waals surface area contributed by atoms with E-state index in [0.29, 0.717) is 0 Å². The van der Waals surface area contributed by atoms with Gasteiger partial charge in [0.15, 0.2) is 0 Å². The zero-order chi connectivity index (χ0) is 11.5. The third-order valence-corrected chi connectivity index (χ3v) is 3.07. The fourth-order valence-corrected chi connectivity index (χ4v) is 2.22. The first-order valence-electron chi connectivity index (χ1n) is 4.90. The van der Waals surface area contributed by atoms with E-state index in [1.807, 2.05) is 19.4 Å². The van der Waals surface area contributed by atoms with E-state index in [9.17, 15) is 4.39 Å². The van der Waals surface area contributed by atoms with Gasteiger partial charge in [-0.2, -0.15) is 0 Å². The van der Waals surface area contributed by atoms with Crippen molar-refractivity contribution in [1.82, 2.24) is 15.3 Å². The molecule has 16 heavy (non-hydrogen) atoms. The first-order valence-corrected chi connectivity index (χ1v) is 5.78. The van der Waals surface area contributed by atoms with Gasteiger partial charge in [-0.1, -0.05) is 0 Å². The third kappa shape index (κ3) is 2.25. The van der Waals surface area contributed by atoms with Crippen LogP contribution in [0.5, 0.6) is 0 Å². The van der Waals surface area contributed by atoms with E-state index in [-0.39, 0.29) is 11.9 Å². The normalized spacial score (nSPS) is 12.7. The fraction of sp³-hybridized carbons (Fsp3) is 0.273. The first kappa shape index (κ1) is 11.2. The molecule has 84 valence electrons. The summed E-state index contributed by atoms with van der Waals surface area (Å²) in [7, 11) is 1.82. The summed E-state index contributed by atoms with van der Waals surface area (Å²) in [5.41, 5.74) is 1.69. The Morgan fingerprint density at radius 2 is 2.25 bits per heavy atom. The van der Waals surface area contributed by atoms with Gasteiger partial charge in [-0.3, -0.25) is 4.98 Å². The zero-order valence-corrected chi connectivity index (χ0v) is 9.88. The largest absolute Gasteiger partial charge is 0.308 e. The molecule has 0 bridgehead atoms. The molecule has 0 aromatic carbocycles. The topological polar surface area (TPSA) is 37.8 Å². The van der Waals surface area contributed by atoms with Crippen LogP contribution >= 0.6 is 11.3 Å². The average molecular weight is 237 g/mol. The maximum Gasteiger partial charge on any atom is 0.141 e. The Balaban J connectivity index is 2.36. The molecule has 1 unspecified atom stereocenters. The number of nitrogens with zero attached hydrogens (tertiary/aromatic N) is 2. The Bertz CT molecular complexity index is 484. The van der Waals surface area contributed by atoms with Crippen LogP contribution in [0.1, 0.15) is 22.3 Å². The lowest BCUT2D eigenvalue weighted by atomic mass is 10.1. The van der Waals surface area contributed by atoms with Crippen LogP contribution in [0.3, 0.4) is 0 Å². The van der Waals surface area contributed by atoms with Gasteiger partial charge in [-0.25, -0.2) is 9.37 Å². The summed E-state index contributed by atoms with van der Waals surface area (Å²) in [5.74, 6) is -0.329. The highest BCUT2D eigenvalue weighted by Gasteiger charge is 2.15. The van der Waals surface area contributed by atoms with E-state index in [4.69, 9.17) is 0 Å². The lowest BCUT2D eigenvalue weighted by Crippen LogP contribution is -2.18. The minimum Gasteiger partial charge on any atom is -0.308 e. The predicted molar refractivity (Wildman–Crippen MR) is 61.9 cm³/mol. The van der Waals surface area contributed by atoms with E-state index in [1.54, 1.807) is 17.5 Å². The molecule has 2 rings (SSSR count). The van der Waals surface area contributed by atoms with Gasteiger partial charge in [0.1, 0.15) is 5.82 Å². The Morgan fingerprint density at radius 1 is 1.44 bits per heavy atom. The average Bonchev–Trinajstić information content (AvgIpc) is 2.66. The lowest BCUT2D eigenvalue weighted by Gasteiger charge is -2.13. The number of nitrogens with one attached hydrogen (secondary N) is 1. The van der Waals surface area contributed by atoms with Crippen molar-refractivity contribution in [3.63, 3.8) is 0 Å². The second kappa shape index (κ2) is 4.67. The third-order valence-electron chi connectivity index (χ3n) is 2.28. The monoisotopic (exact) mass is 237 g/mol. The van der Waals surface area contributed by atoms with Crippen molar-refractivity contribution in [3.05, 3.63) is 45.9 Å². The summed E-state index contributed by atoms with van der Waals surface area (Å²) >= 11 is 1.58. The van der Waals surface area contributed by atoms with Crippen LogP contribution in [0, 0.1) is 12.7 Å². The van der Waals surface area contributed by atoms with Gasteiger partial charge in [0.2, 0.25) is 0 Å². The second-order valence-electron chi connectivity index (χ2n) is 3.45. The molecule has 0 aliphatic carbocycles. The molecule has 0 aliphatic rings. The minimum atomic E-state index is -0.329. The number of aryl methyl sites for hydroxylation is 1. The van der Waals surface area contributed by atoms with Gasteiger partial charge < -0.3 is 5.32 Å². The number of hydrogen-bond donors (Lipinski definition) is 1. The van der Waals surface area contributed by atoms with E-state index < -0.39 is 0 Å². The van der Waals surface area contributed by atoms with E-state index in [2.05, 4.69) is 15.3 Å². The Kier molecular flexibility index (Phi) is 3.26. The van der Waals surface area contributed by atoms with Gasteiger partial charge in [0, 0.05) is 11.6 Å². The maximum atomic E-state index is 13.1. The molecule has 2 aromatic heterocycles. The highest BCUT2D eigenvalue weighted by molar-refractivity contribution is 7.09. The van der Waals surface area contributed by atoms with Crippen LogP contribution in [-0.2, 0) is 0 Å². The molecule has 2 heterocycles. The fourth-order valence-electron chi connectivity index (χ4n) is 1.58. The van der Waals surface area contributed by atoms with Crippen LogP contribution in [0.4, 0.5) is 4.39 Å². The number of hydrogen-bond acceptors (Lipinski definition) is 4. The summed E-state index contributed by atoms with van der Waals surface area (Å²) in [6.07, 6.45) is 2.85. The molecule has 2 aromatic rings. The quantitative estimate of drug-likeness (QED) is 0.890. The van der Waals surface area contributed by atoms with Crippen molar-refractivity contribution in [2.45, 2.75) is 13.0 Å². The van der Waals surface area contributed by atoms with Crippen LogP contribution in [-0.4, -0.2) is 17.0 Å². The van der Waals surface area contributed by atoms with Crippen molar-refractivity contribution in [2.75, 3.05) is 7.05 Å². The van der Waals surface area contributed by atoms with Crippen molar-refractivity contribution in [2.24, 2.45) is 0 Å². The zero-order valence-electron chi connectivity index (χ0n) is 9.07. The second-order valence-corrected chi connectivity index (χ2v) is 4.51. The molecule has 3 nitrogen and oxygen atoms in total. The van der Waals surface area contributed by atoms with Crippen molar-refractivity contribution in [1.29, 1.82) is 0 Å². The van der Waals surface area contributed by atoms with Crippen molar-refractivity contribution >= 4 is 11.3 Å². The number of pyridine rings is 1. The molecular formula is C11H12FN3S. The first-order chi connectivity index (χ1) is 7.70. The van der Waals surface area contributed by atoms with Gasteiger partial charge >= 0.3 is 0 Å². The summed E-state index contributed by atoms with van der Waals surface area (Å²) in [5, 5.41) is 6.09. The van der Waals surface area contributed by atoms with E-state index in [0.717, 1.165) is 16.3 Å². The summed E-state index contributed by atoms with van der Waals surface area (Å²) in [6.45, 7) is 1.95. The summed E-state index contributed by atoms with van der Waals surface area (Å²) < 4.78 is 13.1. The van der Waals surface area contributed by atoms with Gasteiger partial charge in [0.05, 0.1) is 22.9 Å². The number of rotatable bonds is 3. The van der Waals surface area contributed by atoms with Crippen LogP contribution < -0.4 is 5.32 Å². The predicted octanol–water partition coefficient (Wildman–Crippen LogP) is 2.29. The summed E-state index contributed by atoms with van der Waals surface area (Å²) in [6, 6.07) is 1.37. The van der Waals surface area contributed by atoms with Crippen LogP contribution in [0.2, 0.25) is 0 Å². The smallest absolute Gasteiger partial charge is 0.141 e. The molecule has 0 saturated heterocycles. The lowest BCUT2D eigenvalue weighted by molar-refractivity contribution is 0.606. The molecule has 5 heteroatoms. The molecule has 0 fully saturated rings. The molecular weight excluding hydrogens is 225 g/mol. The minimum absolute atomic E-state index is 0.104. The van der Waals surface area contributed by atoms with Crippen molar-refractivity contribution in [3.8, 4) is 0 Å². The van der Waals surface area contributed by atoms with Gasteiger partial charge in [-0.15, -0.1) is 11.3 Å². The van der Waals surface area contributed by atoms with E-state index >= 15 is 0 Å². The SMILES string of the molecule is CNC(c1cncc(F)c1)c1csc(C)n1. The molecule has 1 atom stereocenters. The molecule has 1 N–H and O–H groups in total. The number of aromatic nitrogens is 2. The highest BCUT2D eigenvalue weighted by Crippen LogP contribution is 2.22. The molecule has 0 aliphatic heterocycles. The number of halogens is 1. The standard InChI is InChI=1S/C11H12FN3S/c1-7-15-10(6-16-7)11(13-2)8-3-9(12)5-14-4-8/h3-6,11,13H,1-2H3. The van der Waals surface area contributed by atoms with Crippen LogP contribution in [0.15, 0.2) is 23.8 Å². The van der Waals surface area contributed by atoms with Crippen molar-refractivity contribution < 1.29 is 4.39 Å². The Hall–Kier alpha value is -1.33. The Morgan fingerprint density at radius 3 is 2.81 bits per heavy atom. The Labute approximate surface area is 97.4 Å². The molecule has 0 amide bonds. The number of thiazole rings is 1. The molecule has 0 radical (unpaired) electrons. The molecule has 0 spiro atoms. The summed E-state index contributed by atoms with van der Waals surface area (Å²) in [4.78, 5) is 8.24. The molecule has 0 saturated carbocycles. The maximum absolute atomic E-state index is 13.1. The van der Waals surface area contributed by atoms with Gasteiger partial charge in [-0.05, 0) is 25.6 Å². The van der Waals surface area contributed by atoms with E-state index in [1.165, 1.54) is 12.3 Å².